The Morgan fingerprint density at radius 1 is 1.48 bits per heavy atom. The van der Waals surface area contributed by atoms with E-state index in [1.165, 1.54) is 6.33 Å². The zero-order valence-electron chi connectivity index (χ0n) is 13.3. The maximum Gasteiger partial charge on any atom is 0.160 e. The molecule has 1 saturated carbocycles. The molecule has 0 saturated heterocycles. The number of carbonyl (C=O) groups is 1. The van der Waals surface area contributed by atoms with Crippen LogP contribution in [0.1, 0.15) is 33.2 Å². The lowest BCUT2D eigenvalue weighted by molar-refractivity contribution is -0.219. The summed E-state index contributed by atoms with van der Waals surface area (Å²) in [6, 6.07) is 1.76. The van der Waals surface area contributed by atoms with Crippen LogP contribution in [-0.4, -0.2) is 37.8 Å². The summed E-state index contributed by atoms with van der Waals surface area (Å²) in [5.41, 5.74) is 0.707. The minimum absolute atomic E-state index is 0.00122. The minimum Gasteiger partial charge on any atom is -0.366 e. The van der Waals surface area contributed by atoms with Gasteiger partial charge in [-0.2, -0.15) is 0 Å². The summed E-state index contributed by atoms with van der Waals surface area (Å²) in [6.07, 6.45) is 4.61. The molecule has 0 amide bonds. The van der Waals surface area contributed by atoms with Gasteiger partial charge in [0.2, 0.25) is 0 Å². The fourth-order valence-corrected chi connectivity index (χ4v) is 3.59. The van der Waals surface area contributed by atoms with E-state index in [0.717, 1.165) is 11.7 Å². The van der Waals surface area contributed by atoms with Crippen molar-refractivity contribution in [2.45, 2.75) is 45.1 Å². The van der Waals surface area contributed by atoms with Crippen LogP contribution in [0.5, 0.6) is 0 Å². The zero-order valence-corrected chi connectivity index (χ0v) is 14.1. The van der Waals surface area contributed by atoms with Crippen LogP contribution in [-0.2, 0) is 9.53 Å². The molecule has 0 unspecified atom stereocenters. The molecular formula is C16H20ClN3O3. The van der Waals surface area contributed by atoms with Crippen molar-refractivity contribution in [3.05, 3.63) is 23.7 Å². The molecule has 1 N–H and O–H groups in total. The van der Waals surface area contributed by atoms with Gasteiger partial charge < -0.3 is 19.2 Å². The van der Waals surface area contributed by atoms with Gasteiger partial charge in [0.25, 0.3) is 0 Å². The first-order chi connectivity index (χ1) is 10.8. The van der Waals surface area contributed by atoms with E-state index in [4.69, 9.17) is 16.3 Å². The third-order valence-corrected chi connectivity index (χ3v) is 4.80. The molecule has 1 fully saturated rings. The summed E-state index contributed by atoms with van der Waals surface area (Å²) < 4.78 is 7.83. The van der Waals surface area contributed by atoms with Crippen molar-refractivity contribution >= 4 is 28.9 Å². The number of aldehydes is 1. The first-order valence-electron chi connectivity index (χ1n) is 7.64. The second kappa shape index (κ2) is 5.85. The molecule has 0 aliphatic heterocycles. The van der Waals surface area contributed by atoms with E-state index in [9.17, 15) is 9.90 Å². The number of aromatic nitrogens is 3. The lowest BCUT2D eigenvalue weighted by atomic mass is 9.98. The fourth-order valence-electron chi connectivity index (χ4n) is 3.40. The average molecular weight is 338 g/mol. The quantitative estimate of drug-likeness (QED) is 0.527. The normalized spacial score (nSPS) is 28.4. The van der Waals surface area contributed by atoms with Crippen molar-refractivity contribution in [2.75, 3.05) is 0 Å². The van der Waals surface area contributed by atoms with Crippen LogP contribution in [0.2, 0.25) is 5.15 Å². The number of aliphatic hydroxyl groups is 1. The van der Waals surface area contributed by atoms with Gasteiger partial charge in [-0.25, -0.2) is 9.97 Å². The van der Waals surface area contributed by atoms with Crippen LogP contribution >= 0.6 is 11.6 Å². The first-order valence-corrected chi connectivity index (χ1v) is 8.02. The Hall–Kier alpha value is -1.50. The Balaban J connectivity index is 2.04. The number of hydrogen-bond donors (Lipinski definition) is 1. The molecule has 124 valence electrons. The van der Waals surface area contributed by atoms with E-state index in [1.54, 1.807) is 13.8 Å². The third-order valence-electron chi connectivity index (χ3n) is 4.50. The Kier molecular flexibility index (Phi) is 4.16. The topological polar surface area (TPSA) is 77.2 Å². The number of hydrogen-bond acceptors (Lipinski definition) is 5. The average Bonchev–Trinajstić information content (AvgIpc) is 3.01. The molecule has 2 aromatic rings. The molecule has 0 radical (unpaired) electrons. The van der Waals surface area contributed by atoms with Crippen LogP contribution in [0.3, 0.4) is 0 Å². The van der Waals surface area contributed by atoms with E-state index in [0.29, 0.717) is 17.2 Å². The number of rotatable bonds is 4. The van der Waals surface area contributed by atoms with Crippen molar-refractivity contribution in [3.63, 3.8) is 0 Å². The largest absolute Gasteiger partial charge is 0.366 e. The molecule has 2 aromatic heterocycles. The van der Waals surface area contributed by atoms with Gasteiger partial charge in [0, 0.05) is 12.1 Å². The van der Waals surface area contributed by atoms with Crippen LogP contribution in [0.15, 0.2) is 18.6 Å². The van der Waals surface area contributed by atoms with Crippen LogP contribution < -0.4 is 0 Å². The lowest BCUT2D eigenvalue weighted by Crippen LogP contribution is -2.36. The lowest BCUT2D eigenvalue weighted by Gasteiger charge is -2.31. The predicted octanol–water partition coefficient (Wildman–Crippen LogP) is 2.59. The molecule has 1 aliphatic rings. The van der Waals surface area contributed by atoms with Gasteiger partial charge in [-0.05, 0) is 32.3 Å². The summed E-state index contributed by atoms with van der Waals surface area (Å²) in [5, 5.41) is 11.2. The van der Waals surface area contributed by atoms with Crippen LogP contribution in [0.25, 0.3) is 11.0 Å². The Bertz CT molecular complexity index is 725. The highest BCUT2D eigenvalue weighted by Crippen LogP contribution is 2.43. The van der Waals surface area contributed by atoms with Gasteiger partial charge >= 0.3 is 0 Å². The van der Waals surface area contributed by atoms with Crippen molar-refractivity contribution < 1.29 is 14.6 Å². The van der Waals surface area contributed by atoms with Crippen molar-refractivity contribution in [3.8, 4) is 0 Å². The number of ether oxygens (including phenoxy) is 1. The Morgan fingerprint density at radius 2 is 2.22 bits per heavy atom. The second-order valence-electron chi connectivity index (χ2n) is 6.62. The summed E-state index contributed by atoms with van der Waals surface area (Å²) >= 11 is 6.11. The smallest absolute Gasteiger partial charge is 0.160 e. The van der Waals surface area contributed by atoms with Gasteiger partial charge in [0.1, 0.15) is 23.4 Å². The molecule has 0 bridgehead atoms. The zero-order chi connectivity index (χ0) is 16.8. The molecule has 7 heteroatoms. The molecule has 6 nitrogen and oxygen atoms in total. The number of carbonyl (C=O) groups excluding carboxylic acids is 1. The summed E-state index contributed by atoms with van der Waals surface area (Å²) in [5.74, 6) is -1.40. The molecular weight excluding hydrogens is 318 g/mol. The van der Waals surface area contributed by atoms with Gasteiger partial charge in [-0.15, -0.1) is 0 Å². The number of nitrogens with zero attached hydrogens (tertiary/aromatic N) is 3. The molecule has 23 heavy (non-hydrogen) atoms. The van der Waals surface area contributed by atoms with Crippen molar-refractivity contribution in [1.29, 1.82) is 0 Å². The van der Waals surface area contributed by atoms with Crippen molar-refractivity contribution in [1.82, 2.24) is 14.5 Å². The van der Waals surface area contributed by atoms with Gasteiger partial charge in [-0.1, -0.05) is 18.5 Å². The highest BCUT2D eigenvalue weighted by atomic mass is 35.5. The summed E-state index contributed by atoms with van der Waals surface area (Å²) in [7, 11) is 0. The van der Waals surface area contributed by atoms with Gasteiger partial charge in [0.15, 0.2) is 5.79 Å². The molecule has 3 rings (SSSR count). The third kappa shape index (κ3) is 2.98. The first kappa shape index (κ1) is 16.4. The highest BCUT2D eigenvalue weighted by Gasteiger charge is 2.44. The van der Waals surface area contributed by atoms with Gasteiger partial charge in [-0.3, -0.25) is 0 Å². The standard InChI is InChI=1S/C16H20ClN3O3/c1-9-10(7-21)6-12(13(9)23-16(2,3)22)20-5-4-11-14(17)18-8-19-15(11)20/h4-5,7-10,12-13,22H,6H2,1-3H3/t9-,10-,12-,13-/m1/s1. The van der Waals surface area contributed by atoms with E-state index in [-0.39, 0.29) is 24.0 Å². The molecule has 0 spiro atoms. The van der Waals surface area contributed by atoms with Crippen LogP contribution in [0.4, 0.5) is 0 Å². The molecule has 2 heterocycles. The van der Waals surface area contributed by atoms with E-state index in [2.05, 4.69) is 9.97 Å². The Labute approximate surface area is 139 Å². The number of fused-ring (bicyclic) bond motifs is 1. The van der Waals surface area contributed by atoms with Crippen molar-refractivity contribution in [2.24, 2.45) is 11.8 Å². The maximum atomic E-state index is 11.4. The monoisotopic (exact) mass is 337 g/mol. The SMILES string of the molecule is C[C@H]1[C@@H](OC(C)(C)O)[C@H](n2ccc3c(Cl)ncnc32)C[C@@H]1C=O. The van der Waals surface area contributed by atoms with Gasteiger partial charge in [0.05, 0.1) is 17.5 Å². The molecule has 1 aliphatic carbocycles. The maximum absolute atomic E-state index is 11.4. The fraction of sp³-hybridized carbons (Fsp3) is 0.562. The Morgan fingerprint density at radius 3 is 2.87 bits per heavy atom. The predicted molar refractivity (Wildman–Crippen MR) is 86.1 cm³/mol. The van der Waals surface area contributed by atoms with E-state index >= 15 is 0 Å². The number of halogens is 1. The van der Waals surface area contributed by atoms with E-state index in [1.807, 2.05) is 23.8 Å². The second-order valence-corrected chi connectivity index (χ2v) is 6.97. The van der Waals surface area contributed by atoms with E-state index < -0.39 is 5.79 Å². The van der Waals surface area contributed by atoms with Crippen LogP contribution in [0, 0.1) is 11.8 Å². The minimum atomic E-state index is -1.27. The molecule has 4 atom stereocenters. The summed E-state index contributed by atoms with van der Waals surface area (Å²) in [4.78, 5) is 19.7. The molecule has 0 aromatic carbocycles. The highest BCUT2D eigenvalue weighted by molar-refractivity contribution is 6.33. The summed E-state index contributed by atoms with van der Waals surface area (Å²) in [6.45, 7) is 5.17.